The Bertz CT molecular complexity index is 837. The van der Waals surface area contributed by atoms with Crippen LogP contribution in [0.1, 0.15) is 10.4 Å². The number of hydrogen-bond donors (Lipinski definition) is 1. The summed E-state index contributed by atoms with van der Waals surface area (Å²) in [4.78, 5) is 13.4. The summed E-state index contributed by atoms with van der Waals surface area (Å²) in [7, 11) is -0.650. The van der Waals surface area contributed by atoms with Gasteiger partial charge in [0.25, 0.3) is 5.91 Å². The number of nitrogens with one attached hydrogen (secondary N) is 1. The van der Waals surface area contributed by atoms with Gasteiger partial charge in [0.2, 0.25) is 10.0 Å². The van der Waals surface area contributed by atoms with Crippen molar-refractivity contribution in [2.24, 2.45) is 0 Å². The maximum absolute atomic E-state index is 12.2. The van der Waals surface area contributed by atoms with Gasteiger partial charge in [-0.3, -0.25) is 4.79 Å². The summed E-state index contributed by atoms with van der Waals surface area (Å²) in [5.41, 5.74) is 0.319. The van der Waals surface area contributed by atoms with Gasteiger partial charge in [0.1, 0.15) is 0 Å². The summed E-state index contributed by atoms with van der Waals surface area (Å²) in [6.45, 7) is 0.469. The van der Waals surface area contributed by atoms with E-state index in [2.05, 4.69) is 5.32 Å². The van der Waals surface area contributed by atoms with E-state index in [1.807, 2.05) is 24.3 Å². The second-order valence-electron chi connectivity index (χ2n) is 5.37. The Morgan fingerprint density at radius 2 is 1.84 bits per heavy atom. The molecule has 1 amide bonds. The fourth-order valence-corrected chi connectivity index (χ4v) is 3.82. The number of thioether (sulfide) groups is 1. The molecule has 0 atom stereocenters. The maximum Gasteiger partial charge on any atom is 0.251 e. The molecule has 0 spiro atoms. The zero-order chi connectivity index (χ0) is 18.4. The zero-order valence-electron chi connectivity index (χ0n) is 13.9. The molecule has 8 heteroatoms. The summed E-state index contributed by atoms with van der Waals surface area (Å²) in [5.74, 6) is 0.399. The summed E-state index contributed by atoms with van der Waals surface area (Å²) in [5, 5.41) is 3.48. The Labute approximate surface area is 157 Å². The van der Waals surface area contributed by atoms with Gasteiger partial charge in [0, 0.05) is 41.9 Å². The van der Waals surface area contributed by atoms with Crippen molar-refractivity contribution in [2.75, 3.05) is 26.4 Å². The minimum atomic E-state index is -3.56. The van der Waals surface area contributed by atoms with Gasteiger partial charge in [-0.2, -0.15) is 0 Å². The molecule has 0 unspecified atom stereocenters. The Kier molecular flexibility index (Phi) is 6.89. The Morgan fingerprint density at radius 1 is 1.16 bits per heavy atom. The number of nitrogens with zero attached hydrogens (tertiary/aromatic N) is 1. The third kappa shape index (κ3) is 5.47. The average Bonchev–Trinajstić information content (AvgIpc) is 2.60. The van der Waals surface area contributed by atoms with Gasteiger partial charge in [-0.05, 0) is 42.5 Å². The third-order valence-electron chi connectivity index (χ3n) is 3.34. The van der Waals surface area contributed by atoms with Crippen molar-refractivity contribution >= 4 is 39.3 Å². The van der Waals surface area contributed by atoms with E-state index in [1.165, 1.54) is 26.2 Å². The maximum atomic E-state index is 12.2. The zero-order valence-corrected chi connectivity index (χ0v) is 16.3. The van der Waals surface area contributed by atoms with Crippen LogP contribution in [-0.4, -0.2) is 45.0 Å². The summed E-state index contributed by atoms with van der Waals surface area (Å²) in [6.07, 6.45) is 0. The fraction of sp³-hybridized carbons (Fsp3) is 0.235. The number of amides is 1. The van der Waals surface area contributed by atoms with Gasteiger partial charge in [-0.1, -0.05) is 17.7 Å². The fourth-order valence-electron chi connectivity index (χ4n) is 1.97. The lowest BCUT2D eigenvalue weighted by molar-refractivity contribution is 0.0956. The normalized spacial score (nSPS) is 11.5. The largest absolute Gasteiger partial charge is 0.351 e. The van der Waals surface area contributed by atoms with Crippen molar-refractivity contribution in [2.45, 2.75) is 9.79 Å². The summed E-state index contributed by atoms with van der Waals surface area (Å²) < 4.78 is 25.4. The Balaban J connectivity index is 1.92. The van der Waals surface area contributed by atoms with Gasteiger partial charge in [-0.15, -0.1) is 11.8 Å². The van der Waals surface area contributed by atoms with Crippen LogP contribution in [0, 0.1) is 0 Å². The quantitative estimate of drug-likeness (QED) is 0.574. The molecule has 0 aliphatic heterocycles. The first-order valence-electron chi connectivity index (χ1n) is 7.50. The van der Waals surface area contributed by atoms with Gasteiger partial charge in [0.05, 0.1) is 4.90 Å². The number of benzene rings is 2. The van der Waals surface area contributed by atoms with Crippen molar-refractivity contribution in [3.05, 3.63) is 59.1 Å². The second kappa shape index (κ2) is 8.71. The first kappa shape index (κ1) is 19.8. The van der Waals surface area contributed by atoms with Crippen LogP contribution in [0.25, 0.3) is 0 Å². The number of hydrogen-bond acceptors (Lipinski definition) is 4. The minimum absolute atomic E-state index is 0.0979. The van der Waals surface area contributed by atoms with E-state index in [4.69, 9.17) is 11.6 Å². The molecule has 0 bridgehead atoms. The number of sulfonamides is 1. The van der Waals surface area contributed by atoms with Gasteiger partial charge < -0.3 is 5.32 Å². The molecule has 5 nitrogen and oxygen atoms in total. The van der Waals surface area contributed by atoms with E-state index in [0.717, 1.165) is 9.20 Å². The number of carbonyl (C=O) groups is 1. The lowest BCUT2D eigenvalue weighted by Crippen LogP contribution is -2.26. The molecule has 0 aromatic heterocycles. The van der Waals surface area contributed by atoms with E-state index in [1.54, 1.807) is 23.9 Å². The van der Waals surface area contributed by atoms with Crippen LogP contribution >= 0.6 is 23.4 Å². The molecule has 25 heavy (non-hydrogen) atoms. The summed E-state index contributed by atoms with van der Waals surface area (Å²) >= 11 is 7.44. The molecule has 0 fully saturated rings. The number of carbonyl (C=O) groups excluding carboxylic acids is 1. The van der Waals surface area contributed by atoms with Crippen LogP contribution in [0.2, 0.25) is 5.02 Å². The van der Waals surface area contributed by atoms with Crippen molar-refractivity contribution < 1.29 is 13.2 Å². The third-order valence-corrected chi connectivity index (χ3v) is 6.42. The van der Waals surface area contributed by atoms with Crippen molar-refractivity contribution in [3.8, 4) is 0 Å². The average molecular weight is 399 g/mol. The standard InChI is InChI=1S/C17H19ClN2O3S2/c1-20(2)25(22,23)16-5-3-4-13(12-16)17(21)19-10-11-24-15-8-6-14(18)7-9-15/h3-9,12H,10-11H2,1-2H3,(H,19,21). The smallest absolute Gasteiger partial charge is 0.251 e. The van der Waals surface area contributed by atoms with Gasteiger partial charge in [-0.25, -0.2) is 12.7 Å². The highest BCUT2D eigenvalue weighted by Gasteiger charge is 2.18. The molecular weight excluding hydrogens is 380 g/mol. The molecule has 0 saturated heterocycles. The SMILES string of the molecule is CN(C)S(=O)(=O)c1cccc(C(=O)NCCSc2ccc(Cl)cc2)c1. The van der Waals surface area contributed by atoms with Crippen LogP contribution < -0.4 is 5.32 Å². The van der Waals surface area contributed by atoms with Crippen LogP contribution in [0.4, 0.5) is 0 Å². The molecule has 0 aliphatic rings. The Hall–Kier alpha value is -1.54. The molecule has 2 aromatic rings. The second-order valence-corrected chi connectivity index (χ2v) is 9.13. The van der Waals surface area contributed by atoms with Crippen LogP contribution in [-0.2, 0) is 10.0 Å². The Morgan fingerprint density at radius 3 is 2.48 bits per heavy atom. The van der Waals surface area contributed by atoms with Crippen molar-refractivity contribution in [1.82, 2.24) is 9.62 Å². The molecule has 0 heterocycles. The van der Waals surface area contributed by atoms with E-state index in [-0.39, 0.29) is 10.8 Å². The molecule has 0 saturated carbocycles. The lowest BCUT2D eigenvalue weighted by Gasteiger charge is -2.12. The molecule has 0 radical (unpaired) electrons. The molecular formula is C17H19ClN2O3S2. The number of halogens is 1. The summed E-state index contributed by atoms with van der Waals surface area (Å²) in [6, 6.07) is 13.5. The van der Waals surface area contributed by atoms with E-state index < -0.39 is 10.0 Å². The highest BCUT2D eigenvalue weighted by molar-refractivity contribution is 7.99. The van der Waals surface area contributed by atoms with Crippen LogP contribution in [0.3, 0.4) is 0 Å². The molecule has 0 aliphatic carbocycles. The van der Waals surface area contributed by atoms with Crippen LogP contribution in [0.15, 0.2) is 58.3 Å². The molecule has 134 valence electrons. The van der Waals surface area contributed by atoms with Crippen molar-refractivity contribution in [1.29, 1.82) is 0 Å². The highest BCUT2D eigenvalue weighted by Crippen LogP contribution is 2.20. The molecule has 2 aromatic carbocycles. The number of rotatable bonds is 7. The van der Waals surface area contributed by atoms with Gasteiger partial charge in [0.15, 0.2) is 0 Å². The van der Waals surface area contributed by atoms with Crippen molar-refractivity contribution in [3.63, 3.8) is 0 Å². The first-order valence-corrected chi connectivity index (χ1v) is 10.3. The highest BCUT2D eigenvalue weighted by atomic mass is 35.5. The first-order chi connectivity index (χ1) is 11.8. The van der Waals surface area contributed by atoms with Crippen LogP contribution in [0.5, 0.6) is 0 Å². The lowest BCUT2D eigenvalue weighted by atomic mass is 10.2. The predicted molar refractivity (Wildman–Crippen MR) is 102 cm³/mol. The predicted octanol–water partition coefficient (Wildman–Crippen LogP) is 3.11. The van der Waals surface area contributed by atoms with E-state index >= 15 is 0 Å². The van der Waals surface area contributed by atoms with Gasteiger partial charge >= 0.3 is 0 Å². The monoisotopic (exact) mass is 398 g/mol. The topological polar surface area (TPSA) is 66.5 Å². The minimum Gasteiger partial charge on any atom is -0.351 e. The molecule has 1 N–H and O–H groups in total. The van der Waals surface area contributed by atoms with E-state index in [0.29, 0.717) is 22.9 Å². The molecule has 2 rings (SSSR count). The van der Waals surface area contributed by atoms with E-state index in [9.17, 15) is 13.2 Å².